The summed E-state index contributed by atoms with van der Waals surface area (Å²) >= 11 is 0. The molecule has 3 aromatic rings. The summed E-state index contributed by atoms with van der Waals surface area (Å²) in [6.07, 6.45) is 3.52. The van der Waals surface area contributed by atoms with E-state index >= 15 is 0 Å². The van der Waals surface area contributed by atoms with E-state index in [9.17, 15) is 19.5 Å². The molecule has 0 aliphatic carbocycles. The van der Waals surface area contributed by atoms with E-state index in [1.54, 1.807) is 23.2 Å². The number of nitrogens with zero attached hydrogens (tertiary/aromatic N) is 1. The van der Waals surface area contributed by atoms with Crippen molar-refractivity contribution in [2.45, 2.75) is 31.7 Å². The van der Waals surface area contributed by atoms with Crippen LogP contribution in [-0.4, -0.2) is 53.5 Å². The molecule has 0 radical (unpaired) electrons. The first kappa shape index (κ1) is 24.4. The number of ether oxygens (including phenoxy) is 2. The van der Waals surface area contributed by atoms with E-state index < -0.39 is 23.3 Å². The number of Topliss-reactive ketones (excluding diaryl/α,β-unsaturated/α-hetero) is 1. The van der Waals surface area contributed by atoms with Crippen molar-refractivity contribution in [2.75, 3.05) is 20.8 Å². The number of hydrogen-bond acceptors (Lipinski definition) is 7. The van der Waals surface area contributed by atoms with E-state index in [1.807, 2.05) is 38.1 Å². The molecule has 2 aliphatic heterocycles. The molecular formula is C29H28N2O6. The topological polar surface area (TPSA) is 109 Å². The minimum Gasteiger partial charge on any atom is -0.507 e. The molecule has 8 heteroatoms. The lowest BCUT2D eigenvalue weighted by molar-refractivity contribution is -0.156. The standard InChI is InChI=1S/C29H28N2O6/c1-16(2)17-9-10-24(32)21(13-17)25(33)18-14-22(27(34)36-3)29(28(35)37-4)26-20(11-12-31(29)15-18)19-7-5-6-8-23(19)30-26/h5-10,13-16,30,32H,11-12H2,1-4H3. The van der Waals surface area contributed by atoms with Gasteiger partial charge in [-0.25, -0.2) is 9.59 Å². The Bertz CT molecular complexity index is 1510. The van der Waals surface area contributed by atoms with Gasteiger partial charge in [-0.05, 0) is 47.7 Å². The van der Waals surface area contributed by atoms with Gasteiger partial charge in [0.1, 0.15) is 5.75 Å². The summed E-state index contributed by atoms with van der Waals surface area (Å²) < 4.78 is 10.4. The Kier molecular flexibility index (Phi) is 5.90. The fourth-order valence-corrected chi connectivity index (χ4v) is 5.40. The number of methoxy groups -OCH3 is 2. The molecule has 0 fully saturated rings. The number of aromatic amines is 1. The van der Waals surface area contributed by atoms with Crippen molar-refractivity contribution in [3.63, 3.8) is 0 Å². The first-order chi connectivity index (χ1) is 17.7. The molecule has 1 atom stereocenters. The highest BCUT2D eigenvalue weighted by molar-refractivity contribution is 6.15. The van der Waals surface area contributed by atoms with E-state index in [2.05, 4.69) is 4.98 Å². The number of phenolic OH excluding ortho intramolecular Hbond substituents is 1. The monoisotopic (exact) mass is 500 g/mol. The van der Waals surface area contributed by atoms with Gasteiger partial charge >= 0.3 is 11.9 Å². The SMILES string of the molecule is COC(=O)C1=CC(C(=O)c2cc(C(C)C)ccc2O)=CN2CCc3c([nH]c4ccccc34)C12C(=O)OC. The summed E-state index contributed by atoms with van der Waals surface area (Å²) in [7, 11) is 2.49. The van der Waals surface area contributed by atoms with Crippen LogP contribution in [0.15, 0.2) is 65.9 Å². The Morgan fingerprint density at radius 1 is 1.08 bits per heavy atom. The molecule has 2 aromatic carbocycles. The second-order valence-corrected chi connectivity index (χ2v) is 9.56. The molecule has 0 spiro atoms. The van der Waals surface area contributed by atoms with Gasteiger partial charge in [-0.15, -0.1) is 0 Å². The number of hydrogen-bond donors (Lipinski definition) is 2. The van der Waals surface area contributed by atoms with Gasteiger partial charge in [0.05, 0.1) is 31.1 Å². The molecule has 2 aliphatic rings. The second kappa shape index (κ2) is 8.96. The second-order valence-electron chi connectivity index (χ2n) is 9.56. The van der Waals surface area contributed by atoms with Crippen LogP contribution in [0.3, 0.4) is 0 Å². The zero-order valence-corrected chi connectivity index (χ0v) is 21.1. The molecule has 37 heavy (non-hydrogen) atoms. The zero-order chi connectivity index (χ0) is 26.5. The van der Waals surface area contributed by atoms with Gasteiger partial charge in [0, 0.05) is 29.2 Å². The number of rotatable bonds is 5. The van der Waals surface area contributed by atoms with Crippen LogP contribution in [-0.2, 0) is 31.0 Å². The third-order valence-corrected chi connectivity index (χ3v) is 7.27. The molecule has 5 rings (SSSR count). The van der Waals surface area contributed by atoms with Gasteiger partial charge < -0.3 is 24.5 Å². The number of ketones is 1. The minimum atomic E-state index is -1.67. The van der Waals surface area contributed by atoms with Crippen molar-refractivity contribution < 1.29 is 29.0 Å². The maximum absolute atomic E-state index is 13.7. The summed E-state index contributed by atoms with van der Waals surface area (Å²) in [6, 6.07) is 12.6. The highest BCUT2D eigenvalue weighted by Gasteiger charge is 2.58. The lowest BCUT2D eigenvalue weighted by atomic mass is 9.75. The maximum atomic E-state index is 13.7. The van der Waals surface area contributed by atoms with Crippen molar-refractivity contribution in [3.05, 3.63) is 88.3 Å². The van der Waals surface area contributed by atoms with Crippen LogP contribution in [0.25, 0.3) is 10.9 Å². The number of aromatic nitrogens is 1. The molecule has 0 saturated carbocycles. The molecule has 8 nitrogen and oxygen atoms in total. The van der Waals surface area contributed by atoms with Crippen LogP contribution in [0.5, 0.6) is 5.75 Å². The number of esters is 2. The number of fused-ring (bicyclic) bond motifs is 5. The van der Waals surface area contributed by atoms with Gasteiger partial charge in [-0.2, -0.15) is 0 Å². The normalized spacial score (nSPS) is 18.6. The lowest BCUT2D eigenvalue weighted by Crippen LogP contribution is -2.58. The van der Waals surface area contributed by atoms with Gasteiger partial charge in [-0.1, -0.05) is 38.1 Å². The highest BCUT2D eigenvalue weighted by Crippen LogP contribution is 2.47. The number of carbonyl (C=O) groups is 3. The van der Waals surface area contributed by atoms with E-state index in [1.165, 1.54) is 26.4 Å². The molecule has 1 aromatic heterocycles. The van der Waals surface area contributed by atoms with Gasteiger partial charge in [0.15, 0.2) is 5.78 Å². The fourth-order valence-electron chi connectivity index (χ4n) is 5.40. The summed E-state index contributed by atoms with van der Waals surface area (Å²) in [6.45, 7) is 4.32. The van der Waals surface area contributed by atoms with Crippen molar-refractivity contribution >= 4 is 28.6 Å². The Morgan fingerprint density at radius 3 is 2.54 bits per heavy atom. The third-order valence-electron chi connectivity index (χ3n) is 7.27. The Labute approximate surface area is 214 Å². The Balaban J connectivity index is 1.74. The number of benzene rings is 2. The van der Waals surface area contributed by atoms with Crippen LogP contribution >= 0.6 is 0 Å². The predicted molar refractivity (Wildman–Crippen MR) is 137 cm³/mol. The number of phenols is 1. The number of H-pyrrole nitrogens is 1. The first-order valence-corrected chi connectivity index (χ1v) is 12.1. The van der Waals surface area contributed by atoms with E-state index in [-0.39, 0.29) is 28.4 Å². The van der Waals surface area contributed by atoms with Crippen LogP contribution in [0.4, 0.5) is 0 Å². The van der Waals surface area contributed by atoms with Crippen molar-refractivity contribution in [2.24, 2.45) is 0 Å². The number of carbonyl (C=O) groups excluding carboxylic acids is 3. The molecule has 0 bridgehead atoms. The Morgan fingerprint density at radius 2 is 1.84 bits per heavy atom. The van der Waals surface area contributed by atoms with Crippen LogP contribution in [0, 0.1) is 0 Å². The zero-order valence-electron chi connectivity index (χ0n) is 21.1. The molecular weight excluding hydrogens is 472 g/mol. The van der Waals surface area contributed by atoms with E-state index in [0.717, 1.165) is 22.0 Å². The van der Waals surface area contributed by atoms with Crippen LogP contribution in [0.2, 0.25) is 0 Å². The fraction of sp³-hybridized carbons (Fsp3) is 0.276. The Hall–Kier alpha value is -4.33. The summed E-state index contributed by atoms with van der Waals surface area (Å²) in [5.74, 6) is -1.93. The van der Waals surface area contributed by atoms with E-state index in [4.69, 9.17) is 9.47 Å². The molecule has 3 heterocycles. The van der Waals surface area contributed by atoms with E-state index in [0.29, 0.717) is 18.7 Å². The van der Waals surface area contributed by atoms with Crippen molar-refractivity contribution in [3.8, 4) is 5.75 Å². The molecule has 0 saturated heterocycles. The molecule has 190 valence electrons. The predicted octanol–water partition coefficient (Wildman–Crippen LogP) is 4.10. The number of para-hydroxylation sites is 1. The van der Waals surface area contributed by atoms with Crippen LogP contribution < -0.4 is 0 Å². The largest absolute Gasteiger partial charge is 0.507 e. The summed E-state index contributed by atoms with van der Waals surface area (Å²) in [5.41, 5.74) is 1.68. The first-order valence-electron chi connectivity index (χ1n) is 12.1. The van der Waals surface area contributed by atoms with Gasteiger partial charge in [0.25, 0.3) is 0 Å². The molecule has 0 amide bonds. The molecule has 2 N–H and O–H groups in total. The minimum absolute atomic E-state index is 0.0419. The quantitative estimate of drug-likeness (QED) is 0.401. The number of allylic oxidation sites excluding steroid dienone is 2. The summed E-state index contributed by atoms with van der Waals surface area (Å²) in [5, 5.41) is 11.5. The summed E-state index contributed by atoms with van der Waals surface area (Å²) in [4.78, 5) is 45.6. The van der Waals surface area contributed by atoms with Gasteiger partial charge in [0.2, 0.25) is 5.54 Å². The maximum Gasteiger partial charge on any atom is 0.343 e. The average Bonchev–Trinajstić information content (AvgIpc) is 3.30. The molecule has 1 unspecified atom stereocenters. The average molecular weight is 501 g/mol. The third kappa shape index (κ3) is 3.55. The number of aromatic hydroxyl groups is 1. The van der Waals surface area contributed by atoms with Crippen molar-refractivity contribution in [1.82, 2.24) is 9.88 Å². The van der Waals surface area contributed by atoms with Gasteiger partial charge in [-0.3, -0.25) is 4.79 Å². The van der Waals surface area contributed by atoms with Crippen LogP contribution in [0.1, 0.15) is 46.9 Å². The van der Waals surface area contributed by atoms with Crippen molar-refractivity contribution in [1.29, 1.82) is 0 Å². The smallest absolute Gasteiger partial charge is 0.343 e. The highest BCUT2D eigenvalue weighted by atomic mass is 16.5. The lowest BCUT2D eigenvalue weighted by Gasteiger charge is -2.46. The number of nitrogens with one attached hydrogen (secondary N) is 1.